The smallest absolute Gasteiger partial charge is 0.116 e. The standard InChI is InChI=1S/C22H30O2/c1-5-7-9-17-13-19(23)11-15(3)21(17)22-16(4)12-20(24)14-18(22)10-8-6-2/h11-14,23-24H,5-10H2,1-4H3. The number of benzene rings is 2. The molecule has 0 saturated carbocycles. The van der Waals surface area contributed by atoms with Gasteiger partial charge in [0.15, 0.2) is 0 Å². The molecule has 2 aromatic rings. The lowest BCUT2D eigenvalue weighted by molar-refractivity contribution is 0.473. The quantitative estimate of drug-likeness (QED) is 0.648. The first-order valence-corrected chi connectivity index (χ1v) is 9.13. The van der Waals surface area contributed by atoms with E-state index in [4.69, 9.17) is 0 Å². The maximum atomic E-state index is 10.0. The van der Waals surface area contributed by atoms with Crippen LogP contribution in [0.4, 0.5) is 0 Å². The molecule has 0 bridgehead atoms. The molecule has 0 radical (unpaired) electrons. The van der Waals surface area contributed by atoms with Crippen molar-refractivity contribution in [3.05, 3.63) is 46.5 Å². The van der Waals surface area contributed by atoms with Gasteiger partial charge in [-0.15, -0.1) is 0 Å². The fraction of sp³-hybridized carbons (Fsp3) is 0.455. The highest BCUT2D eigenvalue weighted by atomic mass is 16.3. The van der Waals surface area contributed by atoms with Gasteiger partial charge in [0.2, 0.25) is 0 Å². The number of aryl methyl sites for hydroxylation is 4. The largest absolute Gasteiger partial charge is 0.508 e. The van der Waals surface area contributed by atoms with E-state index >= 15 is 0 Å². The minimum atomic E-state index is 0.342. The minimum Gasteiger partial charge on any atom is -0.508 e. The van der Waals surface area contributed by atoms with Crippen LogP contribution in [0.1, 0.15) is 61.8 Å². The molecule has 0 spiro atoms. The van der Waals surface area contributed by atoms with Crippen LogP contribution in [0.3, 0.4) is 0 Å². The second kappa shape index (κ2) is 8.23. The molecule has 2 rings (SSSR count). The molecular formula is C22H30O2. The summed E-state index contributed by atoms with van der Waals surface area (Å²) in [6, 6.07) is 7.52. The Morgan fingerprint density at radius 3 is 1.38 bits per heavy atom. The maximum absolute atomic E-state index is 10.0. The van der Waals surface area contributed by atoms with E-state index in [1.807, 2.05) is 24.3 Å². The zero-order chi connectivity index (χ0) is 17.7. The van der Waals surface area contributed by atoms with Gasteiger partial charge in [0.1, 0.15) is 11.5 Å². The molecule has 0 aliphatic heterocycles. The van der Waals surface area contributed by atoms with Gasteiger partial charge in [-0.3, -0.25) is 0 Å². The Hall–Kier alpha value is -1.96. The third kappa shape index (κ3) is 4.11. The Kier molecular flexibility index (Phi) is 6.30. The summed E-state index contributed by atoms with van der Waals surface area (Å²) >= 11 is 0. The summed E-state index contributed by atoms with van der Waals surface area (Å²) in [7, 11) is 0. The molecule has 0 atom stereocenters. The van der Waals surface area contributed by atoms with Gasteiger partial charge in [-0.25, -0.2) is 0 Å². The van der Waals surface area contributed by atoms with E-state index in [9.17, 15) is 10.2 Å². The van der Waals surface area contributed by atoms with E-state index in [1.165, 1.54) is 22.3 Å². The zero-order valence-corrected chi connectivity index (χ0v) is 15.4. The molecule has 0 aliphatic rings. The summed E-state index contributed by atoms with van der Waals surface area (Å²) in [4.78, 5) is 0. The van der Waals surface area contributed by atoms with Crippen molar-refractivity contribution in [1.82, 2.24) is 0 Å². The number of hydrogen-bond acceptors (Lipinski definition) is 2. The van der Waals surface area contributed by atoms with Crippen molar-refractivity contribution < 1.29 is 10.2 Å². The van der Waals surface area contributed by atoms with Crippen molar-refractivity contribution in [3.63, 3.8) is 0 Å². The van der Waals surface area contributed by atoms with Crippen LogP contribution < -0.4 is 0 Å². The highest BCUT2D eigenvalue weighted by molar-refractivity contribution is 5.78. The lowest BCUT2D eigenvalue weighted by Gasteiger charge is -2.20. The zero-order valence-electron chi connectivity index (χ0n) is 15.4. The van der Waals surface area contributed by atoms with Crippen molar-refractivity contribution >= 4 is 0 Å². The average molecular weight is 326 g/mol. The molecule has 0 aliphatic carbocycles. The van der Waals surface area contributed by atoms with E-state index in [0.717, 1.165) is 49.7 Å². The Labute approximate surface area is 146 Å². The van der Waals surface area contributed by atoms with Gasteiger partial charge in [-0.1, -0.05) is 26.7 Å². The van der Waals surface area contributed by atoms with Crippen molar-refractivity contribution in [2.45, 2.75) is 66.2 Å². The molecule has 0 saturated heterocycles. The molecule has 130 valence electrons. The van der Waals surface area contributed by atoms with Crippen LogP contribution in [0.25, 0.3) is 11.1 Å². The molecule has 2 aromatic carbocycles. The van der Waals surface area contributed by atoms with E-state index < -0.39 is 0 Å². The predicted octanol–water partition coefficient (Wildman–Crippen LogP) is 6.07. The van der Waals surface area contributed by atoms with Crippen molar-refractivity contribution in [1.29, 1.82) is 0 Å². The first-order chi connectivity index (χ1) is 11.5. The van der Waals surface area contributed by atoms with E-state index in [0.29, 0.717) is 11.5 Å². The summed E-state index contributed by atoms with van der Waals surface area (Å²) in [6.07, 6.45) is 6.41. The highest BCUT2D eigenvalue weighted by Gasteiger charge is 2.17. The summed E-state index contributed by atoms with van der Waals surface area (Å²) in [6.45, 7) is 8.52. The minimum absolute atomic E-state index is 0.342. The average Bonchev–Trinajstić information content (AvgIpc) is 2.51. The second-order valence-corrected chi connectivity index (χ2v) is 6.80. The van der Waals surface area contributed by atoms with Crippen molar-refractivity contribution in [2.24, 2.45) is 0 Å². The fourth-order valence-electron chi connectivity index (χ4n) is 3.52. The van der Waals surface area contributed by atoms with Gasteiger partial charge in [-0.05, 0) is 97.2 Å². The first-order valence-electron chi connectivity index (χ1n) is 9.13. The van der Waals surface area contributed by atoms with Gasteiger partial charge in [-0.2, -0.15) is 0 Å². The Balaban J connectivity index is 2.66. The number of unbranched alkanes of at least 4 members (excludes halogenated alkanes) is 2. The van der Waals surface area contributed by atoms with Crippen LogP contribution in [-0.2, 0) is 12.8 Å². The molecular weight excluding hydrogens is 296 g/mol. The third-order valence-corrected chi connectivity index (χ3v) is 4.65. The number of phenolic OH excluding ortho intramolecular Hbond substituents is 2. The van der Waals surface area contributed by atoms with Crippen LogP contribution in [0, 0.1) is 13.8 Å². The molecule has 2 nitrogen and oxygen atoms in total. The van der Waals surface area contributed by atoms with Gasteiger partial charge in [0, 0.05) is 0 Å². The third-order valence-electron chi connectivity index (χ3n) is 4.65. The molecule has 2 heteroatoms. The molecule has 0 heterocycles. The maximum Gasteiger partial charge on any atom is 0.116 e. The molecule has 0 fully saturated rings. The van der Waals surface area contributed by atoms with Gasteiger partial charge >= 0.3 is 0 Å². The SMILES string of the molecule is CCCCc1cc(O)cc(C)c1-c1c(C)cc(O)cc1CCCC. The fourth-order valence-corrected chi connectivity index (χ4v) is 3.52. The Bertz CT molecular complexity index is 640. The lowest BCUT2D eigenvalue weighted by atomic mass is 9.85. The summed E-state index contributed by atoms with van der Waals surface area (Å²) < 4.78 is 0. The topological polar surface area (TPSA) is 40.5 Å². The van der Waals surface area contributed by atoms with Crippen molar-refractivity contribution in [3.8, 4) is 22.6 Å². The Morgan fingerprint density at radius 1 is 0.667 bits per heavy atom. The number of rotatable bonds is 7. The van der Waals surface area contributed by atoms with Crippen LogP contribution >= 0.6 is 0 Å². The van der Waals surface area contributed by atoms with Crippen molar-refractivity contribution in [2.75, 3.05) is 0 Å². The normalized spacial score (nSPS) is 11.0. The van der Waals surface area contributed by atoms with E-state index in [-0.39, 0.29) is 0 Å². The number of phenols is 2. The lowest BCUT2D eigenvalue weighted by Crippen LogP contribution is -2.00. The molecule has 24 heavy (non-hydrogen) atoms. The van der Waals surface area contributed by atoms with Crippen LogP contribution in [0.15, 0.2) is 24.3 Å². The molecule has 2 N–H and O–H groups in total. The van der Waals surface area contributed by atoms with Crippen LogP contribution in [-0.4, -0.2) is 10.2 Å². The summed E-state index contributed by atoms with van der Waals surface area (Å²) in [5.41, 5.74) is 7.11. The highest BCUT2D eigenvalue weighted by Crippen LogP contribution is 2.38. The van der Waals surface area contributed by atoms with Crippen LogP contribution in [0.2, 0.25) is 0 Å². The second-order valence-electron chi connectivity index (χ2n) is 6.80. The monoisotopic (exact) mass is 326 g/mol. The number of hydrogen-bond donors (Lipinski definition) is 2. The predicted molar refractivity (Wildman–Crippen MR) is 102 cm³/mol. The van der Waals surface area contributed by atoms with Gasteiger partial charge in [0.05, 0.1) is 0 Å². The Morgan fingerprint density at radius 2 is 1.04 bits per heavy atom. The van der Waals surface area contributed by atoms with Gasteiger partial charge < -0.3 is 10.2 Å². The van der Waals surface area contributed by atoms with Crippen LogP contribution in [0.5, 0.6) is 11.5 Å². The molecule has 0 unspecified atom stereocenters. The van der Waals surface area contributed by atoms with Gasteiger partial charge in [0.25, 0.3) is 0 Å². The van der Waals surface area contributed by atoms with E-state index in [1.54, 1.807) is 0 Å². The number of aromatic hydroxyl groups is 2. The molecule has 0 aromatic heterocycles. The summed E-state index contributed by atoms with van der Waals surface area (Å²) in [5, 5.41) is 20.1. The summed E-state index contributed by atoms with van der Waals surface area (Å²) in [5.74, 6) is 0.683. The first kappa shape index (κ1) is 18.4. The molecule has 0 amide bonds. The van der Waals surface area contributed by atoms with E-state index in [2.05, 4.69) is 27.7 Å².